The quantitative estimate of drug-likeness (QED) is 0.533. The van der Waals surface area contributed by atoms with Gasteiger partial charge in [-0.05, 0) is 26.0 Å². The Kier molecular flexibility index (Phi) is 7.86. The minimum absolute atomic E-state index is 0.192. The summed E-state index contributed by atoms with van der Waals surface area (Å²) in [6.45, 7) is 9.17. The molecule has 0 saturated carbocycles. The van der Waals surface area contributed by atoms with Crippen molar-refractivity contribution < 1.29 is 14.2 Å². The lowest BCUT2D eigenvalue weighted by Gasteiger charge is -2.26. The lowest BCUT2D eigenvalue weighted by atomic mass is 10.2. The molecule has 30 heavy (non-hydrogen) atoms. The van der Waals surface area contributed by atoms with Crippen LogP contribution in [0.4, 0.5) is 23.5 Å². The second-order valence-electron chi connectivity index (χ2n) is 7.18. The number of nitrogens with zero attached hydrogens (tertiary/aromatic N) is 4. The molecule has 1 saturated heterocycles. The summed E-state index contributed by atoms with van der Waals surface area (Å²) in [4.78, 5) is 15.9. The van der Waals surface area contributed by atoms with Gasteiger partial charge in [0.15, 0.2) is 0 Å². The van der Waals surface area contributed by atoms with Crippen molar-refractivity contribution in [3.05, 3.63) is 18.2 Å². The van der Waals surface area contributed by atoms with Crippen LogP contribution in [-0.2, 0) is 4.74 Å². The molecule has 2 heterocycles. The van der Waals surface area contributed by atoms with Gasteiger partial charge in [-0.2, -0.15) is 15.0 Å². The molecule has 10 heteroatoms. The molecule has 164 valence electrons. The van der Waals surface area contributed by atoms with E-state index in [4.69, 9.17) is 14.2 Å². The zero-order chi connectivity index (χ0) is 21.3. The van der Waals surface area contributed by atoms with Crippen LogP contribution in [-0.4, -0.2) is 79.5 Å². The van der Waals surface area contributed by atoms with Crippen molar-refractivity contribution in [3.8, 4) is 11.5 Å². The summed E-state index contributed by atoms with van der Waals surface area (Å²) in [7, 11) is 3.23. The summed E-state index contributed by atoms with van der Waals surface area (Å²) in [6.07, 6.45) is 0. The fourth-order valence-corrected chi connectivity index (χ4v) is 3.01. The van der Waals surface area contributed by atoms with Gasteiger partial charge in [0.05, 0.1) is 33.1 Å². The van der Waals surface area contributed by atoms with Crippen LogP contribution in [0.3, 0.4) is 0 Å². The summed E-state index contributed by atoms with van der Waals surface area (Å²) < 4.78 is 16.1. The SMILES string of the molecule is COc1ccc(Nc2nc(NCCN3CCOCC3)nc(NC(C)C)n2)c(OC)c1. The largest absolute Gasteiger partial charge is 0.497 e. The van der Waals surface area contributed by atoms with Gasteiger partial charge in [-0.3, -0.25) is 4.90 Å². The van der Waals surface area contributed by atoms with Crippen LogP contribution in [0.1, 0.15) is 13.8 Å². The van der Waals surface area contributed by atoms with Gasteiger partial charge in [0, 0.05) is 38.3 Å². The maximum Gasteiger partial charge on any atom is 0.233 e. The molecule has 0 aliphatic carbocycles. The molecule has 1 aromatic carbocycles. The van der Waals surface area contributed by atoms with Crippen LogP contribution in [0, 0.1) is 0 Å². The first-order valence-corrected chi connectivity index (χ1v) is 10.1. The number of benzene rings is 1. The van der Waals surface area contributed by atoms with Crippen LogP contribution in [0.15, 0.2) is 18.2 Å². The van der Waals surface area contributed by atoms with E-state index in [1.165, 1.54) is 0 Å². The van der Waals surface area contributed by atoms with Crippen molar-refractivity contribution in [1.82, 2.24) is 19.9 Å². The van der Waals surface area contributed by atoms with Gasteiger partial charge in [0.1, 0.15) is 11.5 Å². The Hall–Kier alpha value is -2.85. The van der Waals surface area contributed by atoms with E-state index < -0.39 is 0 Å². The molecule has 1 aliphatic heterocycles. The number of hydrogen-bond donors (Lipinski definition) is 3. The maximum absolute atomic E-state index is 5.46. The highest BCUT2D eigenvalue weighted by Crippen LogP contribution is 2.31. The number of anilines is 4. The van der Waals surface area contributed by atoms with E-state index in [1.807, 2.05) is 26.0 Å². The van der Waals surface area contributed by atoms with Crippen molar-refractivity contribution in [2.45, 2.75) is 19.9 Å². The Labute approximate surface area is 177 Å². The maximum atomic E-state index is 5.46. The molecule has 0 spiro atoms. The van der Waals surface area contributed by atoms with E-state index in [9.17, 15) is 0 Å². The van der Waals surface area contributed by atoms with Gasteiger partial charge >= 0.3 is 0 Å². The van der Waals surface area contributed by atoms with Crippen molar-refractivity contribution in [1.29, 1.82) is 0 Å². The predicted molar refractivity (Wildman–Crippen MR) is 117 cm³/mol. The first-order valence-electron chi connectivity index (χ1n) is 10.1. The summed E-state index contributed by atoms with van der Waals surface area (Å²) >= 11 is 0. The number of nitrogens with one attached hydrogen (secondary N) is 3. The van der Waals surface area contributed by atoms with Gasteiger partial charge in [0.2, 0.25) is 17.8 Å². The van der Waals surface area contributed by atoms with Crippen LogP contribution in [0.25, 0.3) is 0 Å². The summed E-state index contributed by atoms with van der Waals surface area (Å²) in [6, 6.07) is 5.71. The van der Waals surface area contributed by atoms with E-state index in [2.05, 4.69) is 35.8 Å². The highest BCUT2D eigenvalue weighted by molar-refractivity contribution is 5.65. The van der Waals surface area contributed by atoms with Gasteiger partial charge in [-0.1, -0.05) is 0 Å². The third kappa shape index (κ3) is 6.33. The Morgan fingerprint density at radius 2 is 1.77 bits per heavy atom. The Balaban J connectivity index is 1.73. The molecule has 2 aromatic rings. The van der Waals surface area contributed by atoms with Crippen molar-refractivity contribution >= 4 is 23.5 Å². The third-order valence-electron chi connectivity index (χ3n) is 4.52. The standard InChI is InChI=1S/C20H31N7O3/c1-14(2)22-19-24-18(21-7-8-27-9-11-30-12-10-27)25-20(26-19)23-16-6-5-15(28-3)13-17(16)29-4/h5-6,13-14H,7-12H2,1-4H3,(H3,21,22,23,24,25,26). The molecular weight excluding hydrogens is 386 g/mol. The van der Waals surface area contributed by atoms with Crippen molar-refractivity contribution in [3.63, 3.8) is 0 Å². The molecule has 1 aliphatic rings. The van der Waals surface area contributed by atoms with Gasteiger partial charge < -0.3 is 30.2 Å². The second kappa shape index (κ2) is 10.8. The fraction of sp³-hybridized carbons (Fsp3) is 0.550. The average molecular weight is 418 g/mol. The summed E-state index contributed by atoms with van der Waals surface area (Å²) in [5.41, 5.74) is 0.735. The highest BCUT2D eigenvalue weighted by Gasteiger charge is 2.13. The lowest BCUT2D eigenvalue weighted by molar-refractivity contribution is 0.0398. The first kappa shape index (κ1) is 21.8. The first-order chi connectivity index (χ1) is 14.6. The molecule has 0 unspecified atom stereocenters. The topological polar surface area (TPSA) is 106 Å². The van der Waals surface area contributed by atoms with Gasteiger partial charge in [-0.25, -0.2) is 0 Å². The van der Waals surface area contributed by atoms with Crippen molar-refractivity contribution in [2.24, 2.45) is 0 Å². The molecule has 10 nitrogen and oxygen atoms in total. The van der Waals surface area contributed by atoms with Gasteiger partial charge in [0.25, 0.3) is 0 Å². The predicted octanol–water partition coefficient (Wildman–Crippen LogP) is 2.20. The molecular formula is C20H31N7O3. The summed E-state index contributed by atoms with van der Waals surface area (Å²) in [5.74, 6) is 2.78. The minimum atomic E-state index is 0.192. The molecule has 0 amide bonds. The molecule has 0 bridgehead atoms. The number of aromatic nitrogens is 3. The number of rotatable bonds is 10. The molecule has 3 rings (SSSR count). The monoisotopic (exact) mass is 417 g/mol. The Morgan fingerprint density at radius 1 is 1.03 bits per heavy atom. The molecule has 0 radical (unpaired) electrons. The van der Waals surface area contributed by atoms with Crippen LogP contribution in [0.5, 0.6) is 11.5 Å². The van der Waals surface area contributed by atoms with E-state index in [0.717, 1.165) is 45.1 Å². The van der Waals surface area contributed by atoms with Gasteiger partial charge in [-0.15, -0.1) is 0 Å². The highest BCUT2D eigenvalue weighted by atomic mass is 16.5. The Morgan fingerprint density at radius 3 is 2.47 bits per heavy atom. The van der Waals surface area contributed by atoms with Crippen LogP contribution >= 0.6 is 0 Å². The number of hydrogen-bond acceptors (Lipinski definition) is 10. The normalized spacial score (nSPS) is 14.4. The number of morpholine rings is 1. The second-order valence-corrected chi connectivity index (χ2v) is 7.18. The Bertz CT molecular complexity index is 813. The van der Waals surface area contributed by atoms with E-state index in [0.29, 0.717) is 29.3 Å². The number of ether oxygens (including phenoxy) is 3. The zero-order valence-corrected chi connectivity index (χ0v) is 18.1. The van der Waals surface area contributed by atoms with E-state index in [1.54, 1.807) is 20.3 Å². The van der Waals surface area contributed by atoms with Crippen LogP contribution in [0.2, 0.25) is 0 Å². The third-order valence-corrected chi connectivity index (χ3v) is 4.52. The van der Waals surface area contributed by atoms with E-state index in [-0.39, 0.29) is 6.04 Å². The molecule has 1 fully saturated rings. The minimum Gasteiger partial charge on any atom is -0.497 e. The van der Waals surface area contributed by atoms with Crippen LogP contribution < -0.4 is 25.4 Å². The van der Waals surface area contributed by atoms with Crippen molar-refractivity contribution in [2.75, 3.05) is 69.6 Å². The fourth-order valence-electron chi connectivity index (χ4n) is 3.01. The van der Waals surface area contributed by atoms with E-state index >= 15 is 0 Å². The molecule has 3 N–H and O–H groups in total. The molecule has 1 aromatic heterocycles. The molecule has 0 atom stereocenters. The smallest absolute Gasteiger partial charge is 0.233 e. The average Bonchev–Trinajstić information content (AvgIpc) is 2.74. The number of methoxy groups -OCH3 is 2. The summed E-state index contributed by atoms with van der Waals surface area (Å²) in [5, 5.41) is 9.76. The lowest BCUT2D eigenvalue weighted by Crippen LogP contribution is -2.39. The zero-order valence-electron chi connectivity index (χ0n) is 18.1.